The number of hydrogen-bond acceptors (Lipinski definition) is 4. The van der Waals surface area contributed by atoms with Crippen LogP contribution < -0.4 is 3.71 Å². The Morgan fingerprint density at radius 2 is 1.05 bits per heavy atom. The zero-order chi connectivity index (χ0) is 16.7. The van der Waals surface area contributed by atoms with Gasteiger partial charge >= 0.3 is 31.1 Å². The van der Waals surface area contributed by atoms with E-state index in [4.69, 9.17) is 0 Å². The molecule has 0 bridgehead atoms. The molecule has 0 aromatic heterocycles. The Hall–Kier alpha value is -1.34. The summed E-state index contributed by atoms with van der Waals surface area (Å²) in [6.45, 7) is 0. The van der Waals surface area contributed by atoms with E-state index >= 15 is 0 Å². The van der Waals surface area contributed by atoms with Gasteiger partial charge in [0.25, 0.3) is 0 Å². The molecule has 0 saturated heterocycles. The second-order valence-electron chi connectivity index (χ2n) is 3.55. The van der Waals surface area contributed by atoms with Crippen molar-refractivity contribution < 1.29 is 46.9 Å². The maximum Gasteiger partial charge on any atom is 0.551 e. The minimum atomic E-state index is -6.72. The van der Waals surface area contributed by atoms with Crippen molar-refractivity contribution in [2.75, 3.05) is 0 Å². The van der Waals surface area contributed by atoms with E-state index < -0.39 is 40.5 Å². The monoisotopic (exact) mass is 358 g/mol. The second-order valence-corrected chi connectivity index (χ2v) is 7.57. The van der Waals surface area contributed by atoms with Gasteiger partial charge in [0.1, 0.15) is 0 Å². The predicted octanol–water partition coefficient (Wildman–Crippen LogP) is 0.902. The van der Waals surface area contributed by atoms with Gasteiger partial charge in [0.05, 0.1) is 0 Å². The molecule has 0 saturated carbocycles. The molecule has 0 heterocycles. The van der Waals surface area contributed by atoms with Crippen LogP contribution in [-0.4, -0.2) is 27.9 Å². The lowest BCUT2D eigenvalue weighted by Crippen LogP contribution is -3.14. The van der Waals surface area contributed by atoms with E-state index in [1.54, 1.807) is 0 Å². The minimum absolute atomic E-state index is 0.516. The van der Waals surface area contributed by atoms with Crippen LogP contribution in [0, 0.1) is 0 Å². The standard InChI is InChI=1S/C8H5F6NO4S2/c9-7(10,11)20(16,17)15(6-4-2-1-3-5-6)21(18,19)8(12,13)14/h1-5H/p+1. The van der Waals surface area contributed by atoms with Crippen molar-refractivity contribution in [3.63, 3.8) is 0 Å². The summed E-state index contributed by atoms with van der Waals surface area (Å²) in [6, 6.07) is 3.98. The smallest absolute Gasteiger partial charge is 0.162 e. The number of alkyl halides is 6. The highest BCUT2D eigenvalue weighted by atomic mass is 32.3. The van der Waals surface area contributed by atoms with Crippen molar-refractivity contribution in [1.82, 2.24) is 0 Å². The molecular formula is C8H6F6NO4S2+. The highest BCUT2D eigenvalue weighted by Gasteiger charge is 2.66. The third-order valence-electron chi connectivity index (χ3n) is 2.11. The van der Waals surface area contributed by atoms with E-state index in [0.29, 0.717) is 12.1 Å². The SMILES string of the molecule is O=S(=O)([NH+](c1ccccc1)S(=O)(=O)C(F)(F)F)C(F)(F)F. The lowest BCUT2D eigenvalue weighted by molar-refractivity contribution is -0.544. The summed E-state index contributed by atoms with van der Waals surface area (Å²) in [6.07, 6.45) is 0. The molecule has 1 rings (SSSR count). The first-order chi connectivity index (χ1) is 9.23. The lowest BCUT2D eigenvalue weighted by Gasteiger charge is -2.20. The Morgan fingerprint density at radius 3 is 1.33 bits per heavy atom. The highest BCUT2D eigenvalue weighted by molar-refractivity contribution is 7.97. The van der Waals surface area contributed by atoms with Gasteiger partial charge in [-0.15, -0.1) is 0 Å². The molecule has 1 N–H and O–H groups in total. The first-order valence-electron chi connectivity index (χ1n) is 4.78. The number of halogens is 6. The van der Waals surface area contributed by atoms with E-state index in [-0.39, 0.29) is 0 Å². The molecule has 21 heavy (non-hydrogen) atoms. The molecule has 0 fully saturated rings. The molecule has 1 aromatic rings. The van der Waals surface area contributed by atoms with E-state index in [2.05, 4.69) is 0 Å². The molecule has 13 heteroatoms. The van der Waals surface area contributed by atoms with Crippen molar-refractivity contribution in [3.05, 3.63) is 30.3 Å². The van der Waals surface area contributed by atoms with Gasteiger partial charge < -0.3 is 0 Å². The van der Waals surface area contributed by atoms with Crippen molar-refractivity contribution in [1.29, 1.82) is 0 Å². The van der Waals surface area contributed by atoms with Crippen LogP contribution in [-0.2, 0) is 20.0 Å². The summed E-state index contributed by atoms with van der Waals surface area (Å²) < 4.78 is 117. The molecule has 1 aromatic carbocycles. The molecule has 120 valence electrons. The normalized spacial score (nSPS) is 14.4. The predicted molar refractivity (Wildman–Crippen MR) is 57.0 cm³/mol. The van der Waals surface area contributed by atoms with Crippen molar-refractivity contribution in [2.24, 2.45) is 0 Å². The van der Waals surface area contributed by atoms with Crippen LogP contribution in [0.1, 0.15) is 0 Å². The lowest BCUT2D eigenvalue weighted by atomic mass is 10.3. The maximum absolute atomic E-state index is 12.4. The Morgan fingerprint density at radius 1 is 0.714 bits per heavy atom. The molecule has 0 aliphatic heterocycles. The first-order valence-corrected chi connectivity index (χ1v) is 7.74. The van der Waals surface area contributed by atoms with Crippen LogP contribution in [0.15, 0.2) is 30.3 Å². The second kappa shape index (κ2) is 5.14. The zero-order valence-electron chi connectivity index (χ0n) is 9.60. The Labute approximate surface area is 114 Å². The Bertz CT molecular complexity index is 663. The topological polar surface area (TPSA) is 72.7 Å². The number of nitrogens with one attached hydrogen (secondary N) is 1. The number of quaternary nitrogens is 1. The molecule has 0 atom stereocenters. The molecule has 0 radical (unpaired) electrons. The van der Waals surface area contributed by atoms with Crippen LogP contribution in [0.5, 0.6) is 0 Å². The van der Waals surface area contributed by atoms with E-state index in [1.165, 1.54) is 0 Å². The Balaban J connectivity index is 3.72. The van der Waals surface area contributed by atoms with Crippen LogP contribution in [0.3, 0.4) is 0 Å². The summed E-state index contributed by atoms with van der Waals surface area (Å²) in [5.74, 6) is 0. The number of hydrogen-bond donors (Lipinski definition) is 1. The molecular weight excluding hydrogens is 352 g/mol. The summed E-state index contributed by atoms with van der Waals surface area (Å²) in [5.41, 5.74) is -13.6. The largest absolute Gasteiger partial charge is 0.551 e. The van der Waals surface area contributed by atoms with Gasteiger partial charge in [0, 0.05) is 12.1 Å². The average molecular weight is 358 g/mol. The van der Waals surface area contributed by atoms with Crippen LogP contribution in [0.25, 0.3) is 0 Å². The van der Waals surface area contributed by atoms with Crippen molar-refractivity contribution in [3.8, 4) is 0 Å². The quantitative estimate of drug-likeness (QED) is 0.815. The molecule has 0 amide bonds. The van der Waals surface area contributed by atoms with E-state index in [9.17, 15) is 43.2 Å². The third-order valence-corrected chi connectivity index (χ3v) is 6.09. The summed E-state index contributed by atoms with van der Waals surface area (Å²) in [4.78, 5) is 0. The van der Waals surface area contributed by atoms with Crippen LogP contribution >= 0.6 is 0 Å². The van der Waals surface area contributed by atoms with Crippen molar-refractivity contribution in [2.45, 2.75) is 11.0 Å². The first kappa shape index (κ1) is 17.7. The fraction of sp³-hybridized carbons (Fsp3) is 0.250. The van der Waals surface area contributed by atoms with Crippen LogP contribution in [0.4, 0.5) is 32.0 Å². The van der Waals surface area contributed by atoms with E-state index in [0.717, 1.165) is 18.2 Å². The third kappa shape index (κ3) is 3.13. The maximum atomic E-state index is 12.4. The Kier molecular flexibility index (Phi) is 4.33. The molecule has 0 aliphatic carbocycles. The van der Waals surface area contributed by atoms with Gasteiger partial charge in [-0.05, 0) is 0 Å². The van der Waals surface area contributed by atoms with Gasteiger partial charge in [0.15, 0.2) is 5.69 Å². The number of benzene rings is 1. The van der Waals surface area contributed by atoms with Crippen LogP contribution in [0.2, 0.25) is 0 Å². The molecule has 0 spiro atoms. The number of rotatable bonds is 3. The molecule has 5 nitrogen and oxygen atoms in total. The van der Waals surface area contributed by atoms with Gasteiger partial charge in [0.2, 0.25) is 0 Å². The van der Waals surface area contributed by atoms with Gasteiger partial charge in [-0.2, -0.15) is 43.2 Å². The van der Waals surface area contributed by atoms with Gasteiger partial charge in [-0.1, -0.05) is 21.9 Å². The van der Waals surface area contributed by atoms with E-state index in [1.807, 2.05) is 0 Å². The zero-order valence-corrected chi connectivity index (χ0v) is 11.2. The fourth-order valence-corrected chi connectivity index (χ4v) is 4.27. The summed E-state index contributed by atoms with van der Waals surface area (Å²) >= 11 is 0. The van der Waals surface area contributed by atoms with Gasteiger partial charge in [-0.3, -0.25) is 0 Å². The number of sulfonamides is 2. The fourth-order valence-electron chi connectivity index (χ4n) is 1.24. The molecule has 0 unspecified atom stereocenters. The molecule has 0 aliphatic rings. The average Bonchev–Trinajstić information content (AvgIpc) is 2.26. The summed E-state index contributed by atoms with van der Waals surface area (Å²) in [7, 11) is -13.4. The summed E-state index contributed by atoms with van der Waals surface area (Å²) in [5, 5.41) is 0. The van der Waals surface area contributed by atoms with Gasteiger partial charge in [-0.25, -0.2) is 0 Å². The van der Waals surface area contributed by atoms with Crippen molar-refractivity contribution >= 4 is 25.7 Å². The highest BCUT2D eigenvalue weighted by Crippen LogP contribution is 2.26. The minimum Gasteiger partial charge on any atom is -0.162 e.